The number of carbonyl (C=O) groups excluding carboxylic acids is 1. The molecule has 0 spiro atoms. The van der Waals surface area contributed by atoms with E-state index in [0.717, 1.165) is 18.0 Å². The maximum absolute atomic E-state index is 15.0. The van der Waals surface area contributed by atoms with E-state index in [0.29, 0.717) is 17.7 Å². The van der Waals surface area contributed by atoms with Gasteiger partial charge in [0.1, 0.15) is 18.0 Å². The first kappa shape index (κ1) is 21.9. The number of rotatable bonds is 5. The van der Waals surface area contributed by atoms with Gasteiger partial charge in [-0.3, -0.25) is 4.79 Å². The van der Waals surface area contributed by atoms with Crippen LogP contribution in [0, 0.1) is 18.2 Å². The fourth-order valence-corrected chi connectivity index (χ4v) is 3.46. The summed E-state index contributed by atoms with van der Waals surface area (Å²) in [5, 5.41) is 2.97. The van der Waals surface area contributed by atoms with E-state index in [2.05, 4.69) is 20.1 Å². The van der Waals surface area contributed by atoms with E-state index in [-0.39, 0.29) is 40.2 Å². The molecule has 0 saturated heterocycles. The molecule has 1 heterocycles. The molecule has 0 fully saturated rings. The zero-order chi connectivity index (χ0) is 23.7. The Morgan fingerprint density at radius 1 is 1.21 bits per heavy atom. The second-order valence-electron chi connectivity index (χ2n) is 7.72. The fourth-order valence-electron chi connectivity index (χ4n) is 3.46. The van der Waals surface area contributed by atoms with Crippen LogP contribution in [0.2, 0.25) is 0 Å². The Bertz CT molecular complexity index is 1330. The van der Waals surface area contributed by atoms with Gasteiger partial charge >= 0.3 is 0 Å². The minimum Gasteiger partial charge on any atom is -0.446 e. The number of carbonyl (C=O) groups is 1. The van der Waals surface area contributed by atoms with E-state index in [1.165, 1.54) is 4.90 Å². The van der Waals surface area contributed by atoms with Gasteiger partial charge in [-0.05, 0) is 37.6 Å². The smallest absolute Gasteiger partial charge is 0.288 e. The highest BCUT2D eigenvalue weighted by molar-refractivity contribution is 5.94. The molecule has 0 unspecified atom stereocenters. The number of ether oxygens (including phenoxy) is 1. The lowest BCUT2D eigenvalue weighted by Gasteiger charge is -2.14. The average Bonchev–Trinajstić information content (AvgIpc) is 3.20. The number of hydrogen-bond donors (Lipinski definition) is 1. The van der Waals surface area contributed by atoms with E-state index in [4.69, 9.17) is 11.3 Å². The van der Waals surface area contributed by atoms with Crippen LogP contribution < -0.4 is 10.1 Å². The molecule has 0 radical (unpaired) electrons. The van der Waals surface area contributed by atoms with Crippen molar-refractivity contribution < 1.29 is 18.3 Å². The van der Waals surface area contributed by atoms with Gasteiger partial charge in [0.2, 0.25) is 5.88 Å². The average molecular weight is 447 g/mol. The van der Waals surface area contributed by atoms with Crippen LogP contribution in [0.5, 0.6) is 11.6 Å². The Hall–Kier alpha value is -4.32. The molecule has 166 valence electrons. The predicted octanol–water partition coefficient (Wildman–Crippen LogP) is 5.50. The van der Waals surface area contributed by atoms with E-state index >= 15 is 0 Å². The summed E-state index contributed by atoms with van der Waals surface area (Å²) >= 11 is 0. The highest BCUT2D eigenvalue weighted by atomic mass is 19.1. The number of nitrogens with one attached hydrogen (secondary N) is 1. The molecule has 1 aliphatic carbocycles. The van der Waals surface area contributed by atoms with Crippen LogP contribution in [0.25, 0.3) is 10.9 Å². The Labute approximate surface area is 189 Å². The molecule has 33 heavy (non-hydrogen) atoms. The normalized spacial score (nSPS) is 11.9. The molecule has 0 atom stereocenters. The molecule has 0 saturated carbocycles. The first-order valence-corrected chi connectivity index (χ1v) is 9.95. The van der Waals surface area contributed by atoms with Crippen LogP contribution >= 0.6 is 0 Å². The Kier molecular flexibility index (Phi) is 5.75. The van der Waals surface area contributed by atoms with Crippen molar-refractivity contribution in [2.45, 2.75) is 13.3 Å². The van der Waals surface area contributed by atoms with Gasteiger partial charge in [-0.15, -0.1) is 0 Å². The molecule has 1 aromatic heterocycles. The van der Waals surface area contributed by atoms with Crippen molar-refractivity contribution in [3.05, 3.63) is 82.0 Å². The Morgan fingerprint density at radius 3 is 2.61 bits per heavy atom. The molecule has 4 rings (SSSR count). The monoisotopic (exact) mass is 447 g/mol. The van der Waals surface area contributed by atoms with Crippen molar-refractivity contribution in [2.24, 2.45) is 0 Å². The number of nitrogens with zero attached hydrogens (tertiary/aromatic N) is 4. The molecule has 1 N–H and O–H groups in total. The van der Waals surface area contributed by atoms with Crippen LogP contribution in [0.1, 0.15) is 28.4 Å². The Morgan fingerprint density at radius 2 is 1.94 bits per heavy atom. The van der Waals surface area contributed by atoms with Gasteiger partial charge in [-0.25, -0.2) is 23.6 Å². The number of aromatic nitrogens is 2. The number of halogens is 2. The summed E-state index contributed by atoms with van der Waals surface area (Å²) in [6.07, 6.45) is 3.07. The number of benzene rings is 2. The van der Waals surface area contributed by atoms with Crippen molar-refractivity contribution in [1.29, 1.82) is 0 Å². The van der Waals surface area contributed by atoms with Crippen molar-refractivity contribution in [3.8, 4) is 11.6 Å². The van der Waals surface area contributed by atoms with Crippen LogP contribution in [0.3, 0.4) is 0 Å². The summed E-state index contributed by atoms with van der Waals surface area (Å²) in [5.74, 6) is -1.89. The topological polar surface area (TPSA) is 71.7 Å². The molecular formula is C24H19F2N5O2. The maximum Gasteiger partial charge on any atom is 0.288 e. The van der Waals surface area contributed by atoms with Crippen LogP contribution in [-0.2, 0) is 6.42 Å². The van der Waals surface area contributed by atoms with Crippen molar-refractivity contribution >= 4 is 29.2 Å². The molecule has 2 aromatic carbocycles. The van der Waals surface area contributed by atoms with Gasteiger partial charge in [-0.2, -0.15) is 0 Å². The van der Waals surface area contributed by atoms with E-state index in [1.807, 2.05) is 0 Å². The zero-order valence-electron chi connectivity index (χ0n) is 18.1. The molecule has 9 heteroatoms. The quantitative estimate of drug-likeness (QED) is 0.523. The summed E-state index contributed by atoms with van der Waals surface area (Å²) < 4.78 is 35.0. The van der Waals surface area contributed by atoms with E-state index in [9.17, 15) is 13.6 Å². The first-order chi connectivity index (χ1) is 15.8. The fraction of sp³-hybridized carbons (Fsp3) is 0.167. The van der Waals surface area contributed by atoms with E-state index in [1.54, 1.807) is 51.4 Å². The third-order valence-corrected chi connectivity index (χ3v) is 5.08. The zero-order valence-corrected chi connectivity index (χ0v) is 18.1. The molecular weight excluding hydrogens is 428 g/mol. The van der Waals surface area contributed by atoms with Gasteiger partial charge in [-0.1, -0.05) is 11.6 Å². The molecule has 0 bridgehead atoms. The van der Waals surface area contributed by atoms with Gasteiger partial charge < -0.3 is 15.0 Å². The molecule has 1 aliphatic rings. The molecule has 7 nitrogen and oxygen atoms in total. The van der Waals surface area contributed by atoms with Crippen molar-refractivity contribution in [3.63, 3.8) is 0 Å². The largest absolute Gasteiger partial charge is 0.446 e. The van der Waals surface area contributed by atoms with Gasteiger partial charge in [0.05, 0.1) is 6.57 Å². The summed E-state index contributed by atoms with van der Waals surface area (Å²) in [4.78, 5) is 24.9. The lowest BCUT2D eigenvalue weighted by Crippen LogP contribution is -2.21. The van der Waals surface area contributed by atoms with Gasteiger partial charge in [0, 0.05) is 42.5 Å². The first-order valence-electron chi connectivity index (χ1n) is 9.95. The second kappa shape index (κ2) is 8.67. The molecule has 1 amide bonds. The van der Waals surface area contributed by atoms with Crippen molar-refractivity contribution in [2.75, 3.05) is 19.4 Å². The maximum atomic E-state index is 15.0. The summed E-state index contributed by atoms with van der Waals surface area (Å²) in [6, 6.07) is 7.57. The highest BCUT2D eigenvalue weighted by Crippen LogP contribution is 2.40. The predicted molar refractivity (Wildman–Crippen MR) is 120 cm³/mol. The highest BCUT2D eigenvalue weighted by Gasteiger charge is 2.24. The summed E-state index contributed by atoms with van der Waals surface area (Å²) in [6.45, 7) is 9.33. The van der Waals surface area contributed by atoms with E-state index < -0.39 is 11.6 Å². The number of anilines is 2. The summed E-state index contributed by atoms with van der Waals surface area (Å²) in [7, 11) is 3.32. The van der Waals surface area contributed by atoms with Gasteiger partial charge in [0.15, 0.2) is 11.6 Å². The SMILES string of the molecule is [C-]#[N+]c1c(Nc2ccc(C(=O)N(C)C)cc2)ncnc1Oc1cc(F)c2c(c1F)C=C(C)C2. The number of amides is 1. The Balaban J connectivity index is 1.63. The van der Waals surface area contributed by atoms with Crippen LogP contribution in [0.4, 0.5) is 26.0 Å². The number of hydrogen-bond acceptors (Lipinski definition) is 5. The van der Waals surface area contributed by atoms with Gasteiger partial charge in [0.25, 0.3) is 11.6 Å². The summed E-state index contributed by atoms with van der Waals surface area (Å²) in [5.41, 5.74) is 2.23. The third kappa shape index (κ3) is 4.23. The lowest BCUT2D eigenvalue weighted by molar-refractivity contribution is 0.0827. The van der Waals surface area contributed by atoms with Crippen LogP contribution in [-0.4, -0.2) is 34.9 Å². The van der Waals surface area contributed by atoms with Crippen LogP contribution in [0.15, 0.2) is 42.2 Å². The second-order valence-corrected chi connectivity index (χ2v) is 7.72. The standard InChI is InChI=1S/C24H19F2N5O2/c1-13-9-16-17(10-13)20(26)19(11-18(16)25)33-23-21(27-2)22(28-12-29-23)30-15-7-5-14(6-8-15)24(32)31(3)4/h5-8,10-12H,9H2,1,3-4H3,(H,28,29,30). The lowest BCUT2D eigenvalue weighted by atomic mass is 10.1. The number of allylic oxidation sites excluding steroid dienone is 1. The van der Waals surface area contributed by atoms with Crippen molar-refractivity contribution in [1.82, 2.24) is 14.9 Å². The molecule has 3 aromatic rings. The number of fused-ring (bicyclic) bond motifs is 1. The minimum absolute atomic E-state index is 0.0991. The third-order valence-electron chi connectivity index (χ3n) is 5.08. The molecule has 0 aliphatic heterocycles. The minimum atomic E-state index is -0.714.